The van der Waals surface area contributed by atoms with Crippen molar-refractivity contribution in [2.75, 3.05) is 0 Å². The van der Waals surface area contributed by atoms with Gasteiger partial charge in [0.2, 0.25) is 0 Å². The molecule has 0 aliphatic rings. The first-order valence-corrected chi connectivity index (χ1v) is 26.2. The maximum Gasteiger partial charge on any atom is 2.00 e. The summed E-state index contributed by atoms with van der Waals surface area (Å²) in [6.45, 7) is 22.2. The van der Waals surface area contributed by atoms with Crippen LogP contribution in [-0.4, -0.2) is 19.6 Å². The maximum absolute atomic E-state index is 12.7. The molecule has 7 heteroatoms. The van der Waals surface area contributed by atoms with E-state index in [-0.39, 0.29) is 80.6 Å². The molecule has 77 heavy (non-hydrogen) atoms. The van der Waals surface area contributed by atoms with Gasteiger partial charge in [-0.15, -0.1) is 17.7 Å². The van der Waals surface area contributed by atoms with Crippen molar-refractivity contribution in [3.8, 4) is 89.7 Å². The number of benzene rings is 8. The van der Waals surface area contributed by atoms with Crippen LogP contribution in [0.25, 0.3) is 106 Å². The number of aromatic nitrogens is 3. The van der Waals surface area contributed by atoms with Crippen LogP contribution in [0, 0.1) is 49.5 Å². The summed E-state index contributed by atoms with van der Waals surface area (Å²) in [5.41, 5.74) is 20.1. The van der Waals surface area contributed by atoms with Crippen molar-refractivity contribution in [3.05, 3.63) is 217 Å². The topological polar surface area (TPSA) is 64.1 Å². The first kappa shape index (κ1) is 55.2. The summed E-state index contributed by atoms with van der Waals surface area (Å²) in [5.74, 6) is 1.11. The quantitative estimate of drug-likeness (QED) is 0.139. The third kappa shape index (κ3) is 10.8. The predicted octanol–water partition coefficient (Wildman–Crippen LogP) is 18.8. The molecular formula is C70H62N3O2PtU-. The second kappa shape index (κ2) is 22.1. The number of hydrogen-bond acceptors (Lipinski definition) is 4. The zero-order valence-corrected chi connectivity index (χ0v) is 51.8. The van der Waals surface area contributed by atoms with Gasteiger partial charge in [0, 0.05) is 44.1 Å². The van der Waals surface area contributed by atoms with Gasteiger partial charge in [0.15, 0.2) is 0 Å². The zero-order valence-electron chi connectivity index (χ0n) is 45.4. The van der Waals surface area contributed by atoms with Crippen molar-refractivity contribution in [1.29, 1.82) is 0 Å². The number of imidazole rings is 1. The molecule has 11 rings (SSSR count). The van der Waals surface area contributed by atoms with E-state index in [0.717, 1.165) is 66.8 Å². The minimum absolute atomic E-state index is 0. The van der Waals surface area contributed by atoms with Gasteiger partial charge >= 0.3 is 31.1 Å². The summed E-state index contributed by atoms with van der Waals surface area (Å²) in [6.07, 6.45) is 5.12. The Morgan fingerprint density at radius 1 is 0.571 bits per heavy atom. The van der Waals surface area contributed by atoms with Crippen LogP contribution in [0.15, 0.2) is 180 Å². The van der Waals surface area contributed by atoms with Gasteiger partial charge in [0.05, 0.1) is 11.3 Å². The molecule has 0 aliphatic carbocycles. The van der Waals surface area contributed by atoms with Crippen molar-refractivity contribution < 1.29 is 61.7 Å². The number of phenolic OH excluding ortho intramolecular Hbond substituents is 1. The Balaban J connectivity index is 0.00000361. The number of fused-ring (bicyclic) bond motifs is 2. The van der Waals surface area contributed by atoms with Crippen molar-refractivity contribution in [2.24, 2.45) is 0 Å². The number of rotatable bonds is 10. The predicted molar refractivity (Wildman–Crippen MR) is 310 cm³/mol. The van der Waals surface area contributed by atoms with Gasteiger partial charge < -0.3 is 14.1 Å². The van der Waals surface area contributed by atoms with E-state index in [0.29, 0.717) is 28.1 Å². The van der Waals surface area contributed by atoms with Crippen molar-refractivity contribution in [3.63, 3.8) is 0 Å². The Labute approximate surface area is 492 Å². The number of hydrogen-bond donors (Lipinski definition) is 1. The number of phenols is 1. The molecule has 5 nitrogen and oxygen atoms in total. The molecule has 1 N–H and O–H groups in total. The van der Waals surface area contributed by atoms with Crippen LogP contribution in [0.5, 0.6) is 5.75 Å². The maximum atomic E-state index is 12.7. The van der Waals surface area contributed by atoms with Crippen LogP contribution >= 0.6 is 0 Å². The van der Waals surface area contributed by atoms with Gasteiger partial charge in [-0.3, -0.25) is 9.97 Å². The number of pyridine rings is 1. The zero-order chi connectivity index (χ0) is 52.3. The first-order valence-electron chi connectivity index (χ1n) is 26.2. The van der Waals surface area contributed by atoms with Crippen LogP contribution in [-0.2, 0) is 31.9 Å². The third-order valence-electron chi connectivity index (χ3n) is 14.6. The summed E-state index contributed by atoms with van der Waals surface area (Å²) in [7, 11) is 0. The second-order valence-corrected chi connectivity index (χ2v) is 22.6. The van der Waals surface area contributed by atoms with Crippen molar-refractivity contribution >= 4 is 22.0 Å². The molecule has 0 fully saturated rings. The summed E-state index contributed by atoms with van der Waals surface area (Å²) in [6, 6.07) is 67.1. The fourth-order valence-electron chi connectivity index (χ4n) is 10.4. The van der Waals surface area contributed by atoms with Gasteiger partial charge in [-0.1, -0.05) is 197 Å². The molecule has 0 aliphatic heterocycles. The Morgan fingerprint density at radius 3 is 1.66 bits per heavy atom. The van der Waals surface area contributed by atoms with Crippen LogP contribution in [0.4, 0.5) is 0 Å². The van der Waals surface area contributed by atoms with Crippen LogP contribution in [0.1, 0.15) is 103 Å². The van der Waals surface area contributed by atoms with Gasteiger partial charge in [0.25, 0.3) is 0 Å². The van der Waals surface area contributed by atoms with E-state index >= 15 is 0 Å². The van der Waals surface area contributed by atoms with Crippen LogP contribution in [0.2, 0.25) is 0 Å². The number of furan rings is 1. The minimum atomic E-state index is -0.363. The van der Waals surface area contributed by atoms with Gasteiger partial charge in [-0.05, 0) is 125 Å². The molecule has 11 aromatic rings. The molecule has 0 bridgehead atoms. The fraction of sp³-hybridized carbons (Fsp3) is 0.200. The third-order valence-corrected chi connectivity index (χ3v) is 14.6. The van der Waals surface area contributed by atoms with Crippen molar-refractivity contribution in [2.45, 2.75) is 91.9 Å². The monoisotopic (exact) mass is 1410 g/mol. The molecular weight excluding hydrogens is 1350 g/mol. The summed E-state index contributed by atoms with van der Waals surface area (Å²) in [5, 5.41) is 13.5. The van der Waals surface area contributed by atoms with Crippen LogP contribution < -0.4 is 0 Å². The normalized spacial score (nSPS) is 11.8. The fourth-order valence-corrected chi connectivity index (χ4v) is 10.4. The van der Waals surface area contributed by atoms with E-state index in [1.807, 2.05) is 48.7 Å². The Hall–Kier alpha value is -6.54. The molecule has 3 aromatic heterocycles. The summed E-state index contributed by atoms with van der Waals surface area (Å²) in [4.78, 5) is 10.5. The van der Waals surface area contributed by atoms with Gasteiger partial charge in [-0.2, -0.15) is 34.7 Å². The van der Waals surface area contributed by atoms with E-state index in [2.05, 4.69) is 220 Å². The smallest absolute Gasteiger partial charge is 0.561 e. The number of nitrogens with zero attached hydrogens (tertiary/aromatic N) is 3. The van der Waals surface area contributed by atoms with Gasteiger partial charge in [0.1, 0.15) is 11.6 Å². The molecule has 0 amide bonds. The molecule has 0 saturated carbocycles. The summed E-state index contributed by atoms with van der Waals surface area (Å²) >= 11 is 0. The minimum Gasteiger partial charge on any atom is -0.561 e. The van der Waals surface area contributed by atoms with E-state index in [1.165, 1.54) is 33.4 Å². The Kier molecular flexibility index (Phi) is 15.8. The molecule has 3 heterocycles. The molecule has 0 unspecified atom stereocenters. The van der Waals surface area contributed by atoms with E-state index in [1.54, 1.807) is 0 Å². The molecule has 0 saturated heterocycles. The Bertz CT molecular complexity index is 3870. The molecule has 8 aromatic carbocycles. The number of aromatic hydroxyl groups is 1. The molecule has 0 atom stereocenters. The standard InChI is InChI=1S/C70H62N3O2.Pt.U/c1-43(2)56-37-53(50-30-28-49(29-31-50)48-26-24-47(25-27-48)45-18-13-11-14-19-45)38-57(44(3)4)66(56)73-63-23-17-22-55(65(63)72-68(73)59-40-54(69(5,6)7)41-61(67(59)74)70(8,9)10)60-42-75-64-33-32-52(36-58(60)64)62-39-51(34-35-71-62)46-20-15-12-16-21-46;;/h11-21,23-35,37-41,43-44,74H,1-10H3;;/q-3;;+2. The van der Waals surface area contributed by atoms with E-state index in [4.69, 9.17) is 14.4 Å². The van der Waals surface area contributed by atoms with Crippen molar-refractivity contribution in [1.82, 2.24) is 14.5 Å². The second-order valence-electron chi connectivity index (χ2n) is 22.6. The van der Waals surface area contributed by atoms with E-state index < -0.39 is 0 Å². The van der Waals surface area contributed by atoms with Gasteiger partial charge in [-0.25, -0.2) is 0 Å². The molecule has 0 radical (unpaired) electrons. The average Bonchev–Trinajstić information content (AvgIpc) is 4.02. The largest absolute Gasteiger partial charge is 2.00 e. The average molecular weight is 1410 g/mol. The van der Waals surface area contributed by atoms with E-state index in [9.17, 15) is 5.11 Å². The molecule has 384 valence electrons. The van der Waals surface area contributed by atoms with Crippen LogP contribution in [0.3, 0.4) is 0 Å². The first-order chi connectivity index (χ1) is 36.0. The SMILES string of the molecule is CC(C)c1cc(-c2ccc(-c3ccc(-c4ccccc4)cc3)cc2)cc(C(C)C)c1-n1c(-c2cc(C(C)(C)C)cc(C(C)(C)C)c2O)nc2c(-c3[c-]oc4ccc(-c5cc(-c6ccccc6)ccn5)[c-]c34)[c-]ccc21.[Pt].[U+2]. The molecule has 0 spiro atoms. The Morgan fingerprint density at radius 2 is 1.12 bits per heavy atom. The summed E-state index contributed by atoms with van der Waals surface area (Å²) < 4.78 is 8.52.